The quantitative estimate of drug-likeness (QED) is 0.858. The van der Waals surface area contributed by atoms with Crippen molar-refractivity contribution in [2.75, 3.05) is 26.2 Å². The van der Waals surface area contributed by atoms with E-state index in [1.54, 1.807) is 0 Å². The topological polar surface area (TPSA) is 49.8 Å². The first-order valence-corrected chi connectivity index (χ1v) is 10.5. The maximum atomic E-state index is 10.7. The second kappa shape index (κ2) is 7.21. The fourth-order valence-corrected chi connectivity index (χ4v) is 5.66. The van der Waals surface area contributed by atoms with Gasteiger partial charge < -0.3 is 14.7 Å². The third-order valence-corrected chi connectivity index (χ3v) is 7.38. The molecule has 1 N–H and O–H groups in total. The van der Waals surface area contributed by atoms with Crippen LogP contribution in [0.5, 0.6) is 0 Å². The van der Waals surface area contributed by atoms with Crippen molar-refractivity contribution < 1.29 is 14.6 Å². The number of rotatable bonds is 4. The van der Waals surface area contributed by atoms with E-state index in [0.717, 1.165) is 39.1 Å². The van der Waals surface area contributed by atoms with Crippen LogP contribution in [-0.4, -0.2) is 42.2 Å². The summed E-state index contributed by atoms with van der Waals surface area (Å²) in [5.74, 6) is -0.102. The minimum Gasteiger partial charge on any atom is -0.481 e. The predicted molar refractivity (Wildman–Crippen MR) is 106 cm³/mol. The number of nitrogens with zero attached hydrogens (tertiary/aromatic N) is 1. The van der Waals surface area contributed by atoms with Gasteiger partial charge in [-0.25, -0.2) is 0 Å². The molecule has 1 aliphatic carbocycles. The second-order valence-corrected chi connectivity index (χ2v) is 9.75. The summed E-state index contributed by atoms with van der Waals surface area (Å²) in [4.78, 5) is 13.2. The molecule has 0 radical (unpaired) electrons. The van der Waals surface area contributed by atoms with Crippen molar-refractivity contribution >= 4 is 5.97 Å². The molecular formula is C23H33NO3. The van der Waals surface area contributed by atoms with E-state index in [9.17, 15) is 4.79 Å². The fraction of sp³-hybridized carbons (Fsp3) is 0.696. The molecule has 1 spiro atoms. The summed E-state index contributed by atoms with van der Waals surface area (Å²) in [5.41, 5.74) is 3.47. The van der Waals surface area contributed by atoms with Crippen molar-refractivity contribution in [3.63, 3.8) is 0 Å². The minimum atomic E-state index is -0.685. The summed E-state index contributed by atoms with van der Waals surface area (Å²) >= 11 is 0. The van der Waals surface area contributed by atoms with E-state index in [0.29, 0.717) is 11.3 Å². The molecule has 2 atom stereocenters. The zero-order valence-electron chi connectivity index (χ0n) is 16.7. The number of carboxylic acids is 1. The average molecular weight is 372 g/mol. The van der Waals surface area contributed by atoms with Gasteiger partial charge in [-0.1, -0.05) is 38.1 Å². The Morgan fingerprint density at radius 3 is 2.74 bits per heavy atom. The Hall–Kier alpha value is -1.39. The van der Waals surface area contributed by atoms with Gasteiger partial charge in [-0.15, -0.1) is 0 Å². The molecule has 1 aromatic rings. The van der Waals surface area contributed by atoms with E-state index in [1.807, 2.05) is 0 Å². The van der Waals surface area contributed by atoms with E-state index in [1.165, 1.54) is 30.4 Å². The summed E-state index contributed by atoms with van der Waals surface area (Å²) in [6.07, 6.45) is 6.06. The van der Waals surface area contributed by atoms with Crippen LogP contribution in [0.1, 0.15) is 63.2 Å². The normalized spacial score (nSPS) is 29.1. The van der Waals surface area contributed by atoms with Gasteiger partial charge in [0.1, 0.15) is 0 Å². The van der Waals surface area contributed by atoms with Gasteiger partial charge in [-0.2, -0.15) is 0 Å². The first-order chi connectivity index (χ1) is 12.9. The molecule has 3 aliphatic rings. The zero-order valence-corrected chi connectivity index (χ0v) is 16.7. The second-order valence-electron chi connectivity index (χ2n) is 9.75. The van der Waals surface area contributed by atoms with Gasteiger partial charge in [-0.05, 0) is 79.6 Å². The van der Waals surface area contributed by atoms with Crippen LogP contribution in [0.15, 0.2) is 24.3 Å². The van der Waals surface area contributed by atoms with Crippen LogP contribution < -0.4 is 0 Å². The summed E-state index contributed by atoms with van der Waals surface area (Å²) in [6.45, 7) is 8.79. The first-order valence-electron chi connectivity index (χ1n) is 10.5. The summed E-state index contributed by atoms with van der Waals surface area (Å²) in [5, 5.41) is 8.84. The number of fused-ring (bicyclic) bond motifs is 3. The Morgan fingerprint density at radius 1 is 1.26 bits per heavy atom. The average Bonchev–Trinajstić information content (AvgIpc) is 2.63. The van der Waals surface area contributed by atoms with Crippen molar-refractivity contribution in [1.29, 1.82) is 0 Å². The molecule has 2 aliphatic heterocycles. The van der Waals surface area contributed by atoms with Crippen LogP contribution >= 0.6 is 0 Å². The van der Waals surface area contributed by atoms with Crippen molar-refractivity contribution in [2.24, 2.45) is 16.7 Å². The number of piperidine rings is 1. The van der Waals surface area contributed by atoms with E-state index in [2.05, 4.69) is 43.0 Å². The van der Waals surface area contributed by atoms with E-state index in [4.69, 9.17) is 9.84 Å². The van der Waals surface area contributed by atoms with Gasteiger partial charge in [0.15, 0.2) is 0 Å². The smallest absolute Gasteiger partial charge is 0.303 e. The molecule has 4 heteroatoms. The Kier molecular flexibility index (Phi) is 5.06. The van der Waals surface area contributed by atoms with Gasteiger partial charge >= 0.3 is 5.97 Å². The third kappa shape index (κ3) is 3.79. The van der Waals surface area contributed by atoms with Crippen LogP contribution in [0.3, 0.4) is 0 Å². The molecule has 4 nitrogen and oxygen atoms in total. The molecule has 0 aromatic heterocycles. The maximum Gasteiger partial charge on any atom is 0.303 e. The zero-order chi connectivity index (χ0) is 19.1. The van der Waals surface area contributed by atoms with Gasteiger partial charge in [0, 0.05) is 6.42 Å². The van der Waals surface area contributed by atoms with Gasteiger partial charge in [0.05, 0.1) is 12.7 Å². The van der Waals surface area contributed by atoms with Crippen LogP contribution in [0, 0.1) is 16.7 Å². The van der Waals surface area contributed by atoms with Crippen LogP contribution in [0.4, 0.5) is 0 Å². The van der Waals surface area contributed by atoms with E-state index >= 15 is 0 Å². The number of hydrogen-bond donors (Lipinski definition) is 1. The summed E-state index contributed by atoms with van der Waals surface area (Å²) < 4.78 is 6.59. The molecule has 148 valence electrons. The lowest BCUT2D eigenvalue weighted by atomic mass is 9.57. The van der Waals surface area contributed by atoms with Crippen molar-refractivity contribution in [3.8, 4) is 0 Å². The standard InChI is InChI=1S/C23H33NO3/c1-22(2)14-17-6-3-4-7-18(17)21-19(22)15-23(16-27-21)9-12-24(13-10-23)11-5-8-20(25)26/h3-4,6-7,19,21H,5,8-16H2,1-2H3,(H,25,26)/t19-,21+/m1/s1. The number of ether oxygens (including phenoxy) is 1. The number of aliphatic carboxylic acids is 1. The van der Waals surface area contributed by atoms with Crippen molar-refractivity contribution in [1.82, 2.24) is 4.90 Å². The molecule has 2 heterocycles. The van der Waals surface area contributed by atoms with E-state index in [-0.39, 0.29) is 17.9 Å². The number of hydrogen-bond acceptors (Lipinski definition) is 3. The molecule has 27 heavy (non-hydrogen) atoms. The highest BCUT2D eigenvalue weighted by molar-refractivity contribution is 5.66. The molecule has 0 amide bonds. The maximum absolute atomic E-state index is 10.7. The first kappa shape index (κ1) is 18.9. The summed E-state index contributed by atoms with van der Waals surface area (Å²) in [6, 6.07) is 8.85. The lowest BCUT2D eigenvalue weighted by Crippen LogP contribution is -2.51. The van der Waals surface area contributed by atoms with Gasteiger partial charge in [0.25, 0.3) is 0 Å². The molecule has 2 saturated heterocycles. The molecule has 1 aromatic carbocycles. The number of carboxylic acid groups (broad SMARTS) is 1. The lowest BCUT2D eigenvalue weighted by molar-refractivity contribution is -0.153. The van der Waals surface area contributed by atoms with Crippen LogP contribution in [-0.2, 0) is 16.0 Å². The molecule has 0 saturated carbocycles. The molecule has 0 unspecified atom stereocenters. The molecule has 4 rings (SSSR count). The third-order valence-electron chi connectivity index (χ3n) is 7.38. The largest absolute Gasteiger partial charge is 0.481 e. The Balaban J connectivity index is 1.42. The summed E-state index contributed by atoms with van der Waals surface area (Å²) in [7, 11) is 0. The Labute approximate surface area is 162 Å². The highest BCUT2D eigenvalue weighted by Gasteiger charge is 2.51. The number of carbonyl (C=O) groups is 1. The fourth-order valence-electron chi connectivity index (χ4n) is 5.66. The Bertz CT molecular complexity index is 691. The molecule has 0 bridgehead atoms. The van der Waals surface area contributed by atoms with Crippen molar-refractivity contribution in [2.45, 2.75) is 58.5 Å². The Morgan fingerprint density at radius 2 is 2.00 bits per heavy atom. The number of likely N-dealkylation sites (tertiary alicyclic amines) is 1. The number of benzene rings is 1. The monoisotopic (exact) mass is 371 g/mol. The van der Waals surface area contributed by atoms with Gasteiger partial charge in [-0.3, -0.25) is 4.79 Å². The highest BCUT2D eigenvalue weighted by Crippen LogP contribution is 2.56. The van der Waals surface area contributed by atoms with Gasteiger partial charge in [0.2, 0.25) is 0 Å². The van der Waals surface area contributed by atoms with Crippen molar-refractivity contribution in [3.05, 3.63) is 35.4 Å². The SMILES string of the molecule is CC1(C)Cc2ccccc2[C@@H]2OCC3(CCN(CCCC(=O)O)CC3)C[C@H]21. The minimum absolute atomic E-state index is 0.254. The van der Waals surface area contributed by atoms with Crippen LogP contribution in [0.25, 0.3) is 0 Å². The lowest BCUT2D eigenvalue weighted by Gasteiger charge is -2.55. The van der Waals surface area contributed by atoms with E-state index < -0.39 is 5.97 Å². The van der Waals surface area contributed by atoms with Crippen LogP contribution in [0.2, 0.25) is 0 Å². The molecule has 2 fully saturated rings. The molecular weight excluding hydrogens is 338 g/mol. The predicted octanol–water partition coefficient (Wildman–Crippen LogP) is 4.29. The highest BCUT2D eigenvalue weighted by atomic mass is 16.5.